The van der Waals surface area contributed by atoms with Gasteiger partial charge in [-0.25, -0.2) is 0 Å². The second-order valence-electron chi connectivity index (χ2n) is 3.60. The highest BCUT2D eigenvalue weighted by atomic mass is 35.5. The number of halogens is 1. The molecular formula is C11H13ClN2O2. The molecule has 0 spiro atoms. The zero-order valence-electron chi connectivity index (χ0n) is 9.21. The molecule has 0 aliphatic heterocycles. The molecule has 0 aliphatic rings. The number of anilines is 1. The van der Waals surface area contributed by atoms with Gasteiger partial charge in [0.25, 0.3) is 0 Å². The van der Waals surface area contributed by atoms with Crippen molar-refractivity contribution in [1.82, 2.24) is 0 Å². The number of rotatable bonds is 4. The minimum atomic E-state index is -0.200. The van der Waals surface area contributed by atoms with Crippen LogP contribution in [-0.2, 0) is 4.79 Å². The van der Waals surface area contributed by atoms with Gasteiger partial charge in [-0.3, -0.25) is 10.1 Å². The molecule has 0 radical (unpaired) electrons. The summed E-state index contributed by atoms with van der Waals surface area (Å²) in [6.07, 6.45) is 2.04. The van der Waals surface area contributed by atoms with Gasteiger partial charge in [0.1, 0.15) is 11.6 Å². The Labute approximate surface area is 99.2 Å². The normalized spacial score (nSPS) is 11.9. The highest BCUT2D eigenvalue weighted by Gasteiger charge is 2.17. The van der Waals surface area contributed by atoms with E-state index in [1.54, 1.807) is 13.8 Å². The Balaban J connectivity index is 2.74. The first-order valence-corrected chi connectivity index (χ1v) is 5.48. The fourth-order valence-corrected chi connectivity index (χ4v) is 1.53. The summed E-state index contributed by atoms with van der Waals surface area (Å²) < 4.78 is 5.10. The largest absolute Gasteiger partial charge is 0.447 e. The quantitative estimate of drug-likeness (QED) is 0.823. The summed E-state index contributed by atoms with van der Waals surface area (Å²) in [5.74, 6) is 0.254. The molecule has 0 fully saturated rings. The molecule has 86 valence electrons. The molecule has 1 rings (SSSR count). The van der Waals surface area contributed by atoms with Gasteiger partial charge in [0.05, 0.1) is 6.26 Å². The summed E-state index contributed by atoms with van der Waals surface area (Å²) in [5, 5.41) is 11.4. The average molecular weight is 241 g/mol. The SMILES string of the molecule is Cc1coc(NC(=O)C(C)CCCl)c1C#N. The van der Waals surface area contributed by atoms with Crippen LogP contribution in [0.4, 0.5) is 5.88 Å². The molecule has 0 aliphatic carbocycles. The summed E-state index contributed by atoms with van der Waals surface area (Å²) in [4.78, 5) is 11.6. The maximum atomic E-state index is 11.6. The van der Waals surface area contributed by atoms with E-state index in [0.29, 0.717) is 23.4 Å². The van der Waals surface area contributed by atoms with E-state index in [9.17, 15) is 4.79 Å². The van der Waals surface area contributed by atoms with E-state index in [1.165, 1.54) is 6.26 Å². The highest BCUT2D eigenvalue weighted by molar-refractivity contribution is 6.18. The lowest BCUT2D eigenvalue weighted by atomic mass is 10.1. The Hall–Kier alpha value is -1.47. The molecule has 1 heterocycles. The molecule has 0 aromatic carbocycles. The van der Waals surface area contributed by atoms with E-state index in [1.807, 2.05) is 6.07 Å². The summed E-state index contributed by atoms with van der Waals surface area (Å²) >= 11 is 5.55. The topological polar surface area (TPSA) is 66.0 Å². The van der Waals surface area contributed by atoms with Gasteiger partial charge in [0.2, 0.25) is 11.8 Å². The lowest BCUT2D eigenvalue weighted by molar-refractivity contribution is -0.119. The first-order chi connectivity index (χ1) is 7.60. The van der Waals surface area contributed by atoms with E-state index in [2.05, 4.69) is 5.32 Å². The first-order valence-electron chi connectivity index (χ1n) is 4.95. The predicted molar refractivity (Wildman–Crippen MR) is 61.3 cm³/mol. The van der Waals surface area contributed by atoms with Crippen molar-refractivity contribution in [3.05, 3.63) is 17.4 Å². The van der Waals surface area contributed by atoms with Crippen molar-refractivity contribution in [2.75, 3.05) is 11.2 Å². The van der Waals surface area contributed by atoms with E-state index >= 15 is 0 Å². The van der Waals surface area contributed by atoms with Gasteiger partial charge < -0.3 is 4.42 Å². The van der Waals surface area contributed by atoms with Crippen LogP contribution in [0.15, 0.2) is 10.7 Å². The number of carbonyl (C=O) groups excluding carboxylic acids is 1. The van der Waals surface area contributed by atoms with Gasteiger partial charge >= 0.3 is 0 Å². The van der Waals surface area contributed by atoms with Crippen LogP contribution < -0.4 is 5.32 Å². The zero-order chi connectivity index (χ0) is 12.1. The van der Waals surface area contributed by atoms with Crippen molar-refractivity contribution in [1.29, 1.82) is 5.26 Å². The number of nitrogens with zero attached hydrogens (tertiary/aromatic N) is 1. The lowest BCUT2D eigenvalue weighted by Crippen LogP contribution is -2.20. The van der Waals surface area contributed by atoms with Crippen molar-refractivity contribution >= 4 is 23.4 Å². The van der Waals surface area contributed by atoms with Gasteiger partial charge in [-0.05, 0) is 13.3 Å². The number of nitriles is 1. The molecule has 0 saturated carbocycles. The van der Waals surface area contributed by atoms with E-state index < -0.39 is 0 Å². The van der Waals surface area contributed by atoms with Crippen molar-refractivity contribution in [3.63, 3.8) is 0 Å². The van der Waals surface area contributed by atoms with Crippen LogP contribution in [0.3, 0.4) is 0 Å². The molecule has 4 nitrogen and oxygen atoms in total. The molecule has 16 heavy (non-hydrogen) atoms. The third-order valence-corrected chi connectivity index (χ3v) is 2.53. The molecule has 1 amide bonds. The minimum absolute atomic E-state index is 0.188. The highest BCUT2D eigenvalue weighted by Crippen LogP contribution is 2.21. The Kier molecular flexibility index (Phi) is 4.39. The van der Waals surface area contributed by atoms with Crippen molar-refractivity contribution in [3.8, 4) is 6.07 Å². The first kappa shape index (κ1) is 12.6. The second-order valence-corrected chi connectivity index (χ2v) is 3.98. The third kappa shape index (κ3) is 2.77. The Morgan fingerprint density at radius 1 is 1.75 bits per heavy atom. The minimum Gasteiger partial charge on any atom is -0.447 e. The fourth-order valence-electron chi connectivity index (χ4n) is 1.21. The number of carbonyl (C=O) groups is 1. The van der Waals surface area contributed by atoms with Crippen LogP contribution in [0.25, 0.3) is 0 Å². The molecule has 1 aromatic heterocycles. The van der Waals surface area contributed by atoms with Gasteiger partial charge in [0.15, 0.2) is 0 Å². The Morgan fingerprint density at radius 2 is 2.44 bits per heavy atom. The Bertz CT molecular complexity index is 420. The standard InChI is InChI=1S/C11H13ClN2O2/c1-7(3-4-12)10(15)14-11-9(5-13)8(2)6-16-11/h6-7H,3-4H2,1-2H3,(H,14,15). The molecule has 1 aromatic rings. The number of alkyl halides is 1. The number of hydrogen-bond donors (Lipinski definition) is 1. The zero-order valence-corrected chi connectivity index (χ0v) is 9.97. The predicted octanol–water partition coefficient (Wildman–Crippen LogP) is 2.66. The number of nitrogens with one attached hydrogen (secondary N) is 1. The summed E-state index contributed by atoms with van der Waals surface area (Å²) in [7, 11) is 0. The van der Waals surface area contributed by atoms with Crippen LogP contribution in [0, 0.1) is 24.2 Å². The van der Waals surface area contributed by atoms with Crippen LogP contribution in [0.5, 0.6) is 0 Å². The van der Waals surface area contributed by atoms with E-state index in [0.717, 1.165) is 0 Å². The van der Waals surface area contributed by atoms with E-state index in [4.69, 9.17) is 21.3 Å². The van der Waals surface area contributed by atoms with Crippen molar-refractivity contribution < 1.29 is 9.21 Å². The Morgan fingerprint density at radius 3 is 3.00 bits per heavy atom. The number of furan rings is 1. The molecular weight excluding hydrogens is 228 g/mol. The van der Waals surface area contributed by atoms with Crippen molar-refractivity contribution in [2.24, 2.45) is 5.92 Å². The van der Waals surface area contributed by atoms with Gasteiger partial charge in [-0.1, -0.05) is 6.92 Å². The molecule has 0 bridgehead atoms. The maximum absolute atomic E-state index is 11.6. The fraction of sp³-hybridized carbons (Fsp3) is 0.455. The van der Waals surface area contributed by atoms with E-state index in [-0.39, 0.29) is 17.7 Å². The summed E-state index contributed by atoms with van der Waals surface area (Å²) in [6.45, 7) is 3.53. The molecule has 0 saturated heterocycles. The van der Waals surface area contributed by atoms with Crippen LogP contribution in [0.1, 0.15) is 24.5 Å². The molecule has 5 heteroatoms. The third-order valence-electron chi connectivity index (χ3n) is 2.31. The summed E-state index contributed by atoms with van der Waals surface area (Å²) in [5.41, 5.74) is 1.08. The summed E-state index contributed by atoms with van der Waals surface area (Å²) in [6, 6.07) is 1.99. The van der Waals surface area contributed by atoms with Crippen molar-refractivity contribution in [2.45, 2.75) is 20.3 Å². The van der Waals surface area contributed by atoms with Crippen LogP contribution >= 0.6 is 11.6 Å². The smallest absolute Gasteiger partial charge is 0.229 e. The van der Waals surface area contributed by atoms with Gasteiger partial charge in [0, 0.05) is 17.4 Å². The molecule has 1 atom stereocenters. The number of aryl methyl sites for hydroxylation is 1. The van der Waals surface area contributed by atoms with Gasteiger partial charge in [-0.2, -0.15) is 5.26 Å². The second kappa shape index (κ2) is 5.57. The average Bonchev–Trinajstić information content (AvgIpc) is 2.59. The van der Waals surface area contributed by atoms with Gasteiger partial charge in [-0.15, -0.1) is 11.6 Å². The maximum Gasteiger partial charge on any atom is 0.229 e. The monoisotopic (exact) mass is 240 g/mol. The van der Waals surface area contributed by atoms with Crippen LogP contribution in [-0.4, -0.2) is 11.8 Å². The number of hydrogen-bond acceptors (Lipinski definition) is 3. The van der Waals surface area contributed by atoms with Crippen LogP contribution in [0.2, 0.25) is 0 Å². The molecule has 1 unspecified atom stereocenters. The lowest BCUT2D eigenvalue weighted by Gasteiger charge is -2.08. The molecule has 1 N–H and O–H groups in total. The number of amides is 1.